The maximum atomic E-state index is 12.5. The highest BCUT2D eigenvalue weighted by Gasteiger charge is 2.78. The van der Waals surface area contributed by atoms with E-state index in [2.05, 4.69) is 37.5 Å². The zero-order valence-corrected chi connectivity index (χ0v) is 17.3. The third kappa shape index (κ3) is 2.03. The van der Waals surface area contributed by atoms with Crippen LogP contribution in [0.3, 0.4) is 0 Å². The number of nitrogens with zero attached hydrogens (tertiary/aromatic N) is 3. The molecule has 1 saturated heterocycles. The van der Waals surface area contributed by atoms with Gasteiger partial charge in [0.15, 0.2) is 11.4 Å². The van der Waals surface area contributed by atoms with Gasteiger partial charge < -0.3 is 19.4 Å². The standard InChI is InChI=1S/C18H21IN4O3/c1-8(24)18-6-9(18)13(14-15(18)26-17(2,3)25-14)23-7-21-12-10(20-4)5-11(19)22-16(12)23/h5,7,9,13-15H,6H2,1-4H3,(H,20,22)/t9?,13-,14+,15?,18-/m1/s1. The van der Waals surface area contributed by atoms with E-state index >= 15 is 0 Å². The van der Waals surface area contributed by atoms with Crippen LogP contribution in [0.1, 0.15) is 33.2 Å². The smallest absolute Gasteiger partial charge is 0.163 e. The number of nitrogens with one attached hydrogen (secondary N) is 1. The van der Waals surface area contributed by atoms with Gasteiger partial charge in [-0.05, 0) is 61.8 Å². The van der Waals surface area contributed by atoms with Crippen molar-refractivity contribution in [3.8, 4) is 0 Å². The molecule has 2 aromatic rings. The van der Waals surface area contributed by atoms with Crippen molar-refractivity contribution >= 4 is 45.2 Å². The summed E-state index contributed by atoms with van der Waals surface area (Å²) in [5.74, 6) is -0.275. The number of aromatic nitrogens is 3. The van der Waals surface area contributed by atoms with Crippen LogP contribution in [0.25, 0.3) is 11.2 Å². The van der Waals surface area contributed by atoms with Gasteiger partial charge in [0, 0.05) is 7.05 Å². The number of pyridine rings is 1. The lowest BCUT2D eigenvalue weighted by Crippen LogP contribution is -2.34. The van der Waals surface area contributed by atoms with Crippen LogP contribution in [0, 0.1) is 15.0 Å². The number of fused-ring (bicyclic) bond motifs is 4. The normalized spacial score (nSPS) is 36.8. The second-order valence-corrected chi connectivity index (χ2v) is 9.09. The Morgan fingerprint density at radius 1 is 1.42 bits per heavy atom. The monoisotopic (exact) mass is 468 g/mol. The molecule has 8 heteroatoms. The SMILES string of the molecule is CNc1cc(I)nc2c1ncn2[C@@H]1C2C[C@]2(C(C)=O)C2OC(C)(C)O[C@H]21. The number of hydrogen-bond donors (Lipinski definition) is 1. The van der Waals surface area contributed by atoms with Crippen LogP contribution in [0.15, 0.2) is 12.4 Å². The molecule has 5 atom stereocenters. The Labute approximate surface area is 165 Å². The molecule has 2 aromatic heterocycles. The Balaban J connectivity index is 1.66. The zero-order chi connectivity index (χ0) is 18.4. The highest BCUT2D eigenvalue weighted by atomic mass is 127. The van der Waals surface area contributed by atoms with Crippen molar-refractivity contribution in [2.45, 2.75) is 51.2 Å². The highest BCUT2D eigenvalue weighted by molar-refractivity contribution is 14.1. The number of anilines is 1. The third-order valence-corrected chi connectivity index (χ3v) is 6.74. The molecule has 0 amide bonds. The molecule has 26 heavy (non-hydrogen) atoms. The molecule has 2 aliphatic carbocycles. The number of ketones is 1. The molecule has 2 saturated carbocycles. The van der Waals surface area contributed by atoms with Gasteiger partial charge in [-0.2, -0.15) is 0 Å². The lowest BCUT2D eigenvalue weighted by molar-refractivity contribution is -0.163. The van der Waals surface area contributed by atoms with Gasteiger partial charge in [0.25, 0.3) is 0 Å². The highest BCUT2D eigenvalue weighted by Crippen LogP contribution is 2.71. The van der Waals surface area contributed by atoms with Crippen LogP contribution in [0.2, 0.25) is 0 Å². The number of halogens is 1. The molecule has 7 nitrogen and oxygen atoms in total. The molecule has 0 aromatic carbocycles. The van der Waals surface area contributed by atoms with Gasteiger partial charge in [-0.1, -0.05) is 0 Å². The van der Waals surface area contributed by atoms with Crippen molar-refractivity contribution in [3.05, 3.63) is 16.1 Å². The predicted octanol–water partition coefficient (Wildman–Crippen LogP) is 2.75. The van der Waals surface area contributed by atoms with Crippen LogP contribution >= 0.6 is 22.6 Å². The zero-order valence-electron chi connectivity index (χ0n) is 15.1. The largest absolute Gasteiger partial charge is 0.386 e. The fraction of sp³-hybridized carbons (Fsp3) is 0.611. The molecular weight excluding hydrogens is 447 g/mol. The fourth-order valence-electron chi connectivity index (χ4n) is 5.07. The van der Waals surface area contributed by atoms with Crippen LogP contribution in [0.4, 0.5) is 5.69 Å². The summed E-state index contributed by atoms with van der Waals surface area (Å²) in [5.41, 5.74) is 2.19. The average Bonchev–Trinajstić information content (AvgIpc) is 2.91. The summed E-state index contributed by atoms with van der Waals surface area (Å²) in [6.07, 6.45) is 2.31. The van der Waals surface area contributed by atoms with Crippen LogP contribution in [0.5, 0.6) is 0 Å². The van der Waals surface area contributed by atoms with E-state index in [1.54, 1.807) is 6.92 Å². The third-order valence-electron chi connectivity index (χ3n) is 6.19. The van der Waals surface area contributed by atoms with Gasteiger partial charge in [-0.25, -0.2) is 9.97 Å². The Hall–Kier alpha value is -1.26. The Kier molecular flexibility index (Phi) is 3.36. The maximum Gasteiger partial charge on any atom is 0.163 e. The minimum atomic E-state index is -0.683. The number of Topliss-reactive ketones (excluding diaryl/α,β-unsaturated/α-hetero) is 1. The van der Waals surface area contributed by atoms with E-state index in [0.717, 1.165) is 27.0 Å². The van der Waals surface area contributed by atoms with E-state index in [1.165, 1.54) is 0 Å². The molecule has 0 bridgehead atoms. The van der Waals surface area contributed by atoms with Crippen LogP contribution in [-0.2, 0) is 14.3 Å². The van der Waals surface area contributed by atoms with Crippen molar-refractivity contribution in [3.63, 3.8) is 0 Å². The Bertz CT molecular complexity index is 942. The molecule has 1 N–H and O–H groups in total. The lowest BCUT2D eigenvalue weighted by Gasteiger charge is -2.24. The van der Waals surface area contributed by atoms with Crippen molar-refractivity contribution in [1.82, 2.24) is 14.5 Å². The first-order chi connectivity index (χ1) is 12.3. The molecule has 5 rings (SSSR count). The molecular formula is C18H21IN4O3. The second kappa shape index (κ2) is 5.17. The maximum absolute atomic E-state index is 12.5. The number of carbonyl (C=O) groups is 1. The van der Waals surface area contributed by atoms with Crippen LogP contribution in [-0.4, -0.2) is 45.4 Å². The number of ether oxygens (including phenoxy) is 2. The molecule has 0 spiro atoms. The van der Waals surface area contributed by atoms with E-state index in [0.29, 0.717) is 0 Å². The Morgan fingerprint density at radius 2 is 2.19 bits per heavy atom. The summed E-state index contributed by atoms with van der Waals surface area (Å²) >= 11 is 2.22. The van der Waals surface area contributed by atoms with Crippen molar-refractivity contribution < 1.29 is 14.3 Å². The minimum Gasteiger partial charge on any atom is -0.386 e. The van der Waals surface area contributed by atoms with E-state index in [-0.39, 0.29) is 30.0 Å². The summed E-state index contributed by atoms with van der Waals surface area (Å²) in [7, 11) is 1.88. The summed E-state index contributed by atoms with van der Waals surface area (Å²) < 4.78 is 15.4. The number of carbonyl (C=O) groups excluding carboxylic acids is 1. The van der Waals surface area contributed by atoms with Gasteiger partial charge in [0.2, 0.25) is 0 Å². The first-order valence-electron chi connectivity index (χ1n) is 8.86. The van der Waals surface area contributed by atoms with Gasteiger partial charge in [-0.15, -0.1) is 0 Å². The minimum absolute atomic E-state index is 0.00563. The Morgan fingerprint density at radius 3 is 2.88 bits per heavy atom. The average molecular weight is 468 g/mol. The quantitative estimate of drug-likeness (QED) is 0.552. The molecule has 3 fully saturated rings. The number of imidazole rings is 1. The summed E-state index contributed by atoms with van der Waals surface area (Å²) in [6.45, 7) is 5.51. The van der Waals surface area contributed by atoms with E-state index in [9.17, 15) is 4.79 Å². The van der Waals surface area contributed by atoms with E-state index in [4.69, 9.17) is 14.5 Å². The van der Waals surface area contributed by atoms with Crippen molar-refractivity contribution in [2.75, 3.05) is 12.4 Å². The van der Waals surface area contributed by atoms with Gasteiger partial charge in [0.05, 0.1) is 23.5 Å². The van der Waals surface area contributed by atoms with Crippen molar-refractivity contribution in [2.24, 2.45) is 11.3 Å². The van der Waals surface area contributed by atoms with Gasteiger partial charge in [0.1, 0.15) is 27.2 Å². The molecule has 1 aliphatic heterocycles. The van der Waals surface area contributed by atoms with Crippen molar-refractivity contribution in [1.29, 1.82) is 0 Å². The summed E-state index contributed by atoms with van der Waals surface area (Å²) in [6, 6.07) is 1.98. The fourth-order valence-corrected chi connectivity index (χ4v) is 5.61. The predicted molar refractivity (Wildman–Crippen MR) is 104 cm³/mol. The molecule has 138 valence electrons. The number of hydrogen-bond acceptors (Lipinski definition) is 6. The molecule has 2 unspecified atom stereocenters. The summed E-state index contributed by atoms with van der Waals surface area (Å²) in [5, 5.41) is 3.19. The lowest BCUT2D eigenvalue weighted by atomic mass is 9.95. The van der Waals surface area contributed by atoms with E-state index in [1.807, 2.05) is 33.3 Å². The van der Waals surface area contributed by atoms with Gasteiger partial charge >= 0.3 is 0 Å². The van der Waals surface area contributed by atoms with Gasteiger partial charge in [-0.3, -0.25) is 4.79 Å². The second-order valence-electron chi connectivity index (χ2n) is 7.99. The summed E-state index contributed by atoms with van der Waals surface area (Å²) in [4.78, 5) is 21.8. The molecule has 0 radical (unpaired) electrons. The van der Waals surface area contributed by atoms with E-state index < -0.39 is 11.2 Å². The number of rotatable bonds is 3. The topological polar surface area (TPSA) is 78.3 Å². The molecule has 3 aliphatic rings. The van der Waals surface area contributed by atoms with Crippen LogP contribution < -0.4 is 5.32 Å². The first-order valence-corrected chi connectivity index (χ1v) is 9.94. The molecule has 3 heterocycles. The first kappa shape index (κ1) is 16.9.